The Hall–Kier alpha value is -0.910. The van der Waals surface area contributed by atoms with E-state index in [0.29, 0.717) is 0 Å². The van der Waals surface area contributed by atoms with Crippen molar-refractivity contribution in [1.82, 2.24) is 0 Å². The Balaban J connectivity index is 2.26. The first-order valence-corrected chi connectivity index (χ1v) is 5.20. The molecule has 0 aromatic heterocycles. The van der Waals surface area contributed by atoms with Crippen LogP contribution >= 0.6 is 0 Å². The van der Waals surface area contributed by atoms with Crippen LogP contribution in [-0.4, -0.2) is 43.3 Å². The molecule has 16 heavy (non-hydrogen) atoms. The summed E-state index contributed by atoms with van der Waals surface area (Å²) >= 11 is 0. The van der Waals surface area contributed by atoms with Crippen molar-refractivity contribution in [3.8, 4) is 0 Å². The lowest BCUT2D eigenvalue weighted by atomic mass is 10.0. The van der Waals surface area contributed by atoms with Gasteiger partial charge in [0.2, 0.25) is 0 Å². The molecule has 5 heteroatoms. The minimum Gasteiger partial charge on any atom is -0.454 e. The maximum atomic E-state index is 11.5. The van der Waals surface area contributed by atoms with Crippen molar-refractivity contribution >= 4 is 5.97 Å². The lowest BCUT2D eigenvalue weighted by Crippen LogP contribution is -2.54. The van der Waals surface area contributed by atoms with E-state index in [1.165, 1.54) is 7.11 Å². The standard InChI is InChI=1S/C11H16O5/c1-5-6-7-8(16-11(2,3)15-6)9(13-4)10(12)14-7/h5-9H,1H2,2-4H3. The molecule has 2 heterocycles. The van der Waals surface area contributed by atoms with E-state index in [2.05, 4.69) is 6.58 Å². The van der Waals surface area contributed by atoms with E-state index in [0.717, 1.165) is 0 Å². The summed E-state index contributed by atoms with van der Waals surface area (Å²) in [5.74, 6) is -1.18. The maximum Gasteiger partial charge on any atom is 0.338 e. The minimum absolute atomic E-state index is 0.363. The van der Waals surface area contributed by atoms with Crippen LogP contribution in [0.3, 0.4) is 0 Å². The van der Waals surface area contributed by atoms with E-state index in [4.69, 9.17) is 18.9 Å². The maximum absolute atomic E-state index is 11.5. The molecular weight excluding hydrogens is 212 g/mol. The number of hydrogen-bond donors (Lipinski definition) is 0. The van der Waals surface area contributed by atoms with Crippen LogP contribution in [-0.2, 0) is 23.7 Å². The normalized spacial score (nSPS) is 41.3. The van der Waals surface area contributed by atoms with Gasteiger partial charge in [-0.2, -0.15) is 0 Å². The minimum atomic E-state index is -0.773. The van der Waals surface area contributed by atoms with Crippen LogP contribution < -0.4 is 0 Å². The zero-order valence-electron chi connectivity index (χ0n) is 9.64. The van der Waals surface area contributed by atoms with E-state index in [-0.39, 0.29) is 6.10 Å². The first-order chi connectivity index (χ1) is 7.48. The van der Waals surface area contributed by atoms with Crippen molar-refractivity contribution in [2.24, 2.45) is 0 Å². The van der Waals surface area contributed by atoms with E-state index in [1.807, 2.05) is 0 Å². The van der Waals surface area contributed by atoms with Gasteiger partial charge in [0.25, 0.3) is 0 Å². The van der Waals surface area contributed by atoms with Gasteiger partial charge < -0.3 is 18.9 Å². The predicted octanol–water partition coefficient (Wildman–Crippen LogP) is 0.633. The third-order valence-electron chi connectivity index (χ3n) is 2.76. The molecule has 0 spiro atoms. The summed E-state index contributed by atoms with van der Waals surface area (Å²) < 4.78 is 21.5. The fourth-order valence-electron chi connectivity index (χ4n) is 2.12. The van der Waals surface area contributed by atoms with Crippen LogP contribution in [0.4, 0.5) is 0 Å². The molecule has 0 saturated carbocycles. The second kappa shape index (κ2) is 3.84. The van der Waals surface area contributed by atoms with Crippen molar-refractivity contribution in [2.75, 3.05) is 7.11 Å². The fraction of sp³-hybridized carbons (Fsp3) is 0.727. The largest absolute Gasteiger partial charge is 0.454 e. The smallest absolute Gasteiger partial charge is 0.338 e. The molecule has 0 aromatic carbocycles. The van der Waals surface area contributed by atoms with Gasteiger partial charge in [0.1, 0.15) is 12.2 Å². The summed E-state index contributed by atoms with van der Waals surface area (Å²) in [6.45, 7) is 7.25. The van der Waals surface area contributed by atoms with Crippen LogP contribution in [0.25, 0.3) is 0 Å². The van der Waals surface area contributed by atoms with Gasteiger partial charge in [0, 0.05) is 7.11 Å². The van der Waals surface area contributed by atoms with Gasteiger partial charge in [0.15, 0.2) is 18.0 Å². The Morgan fingerprint density at radius 2 is 2.06 bits per heavy atom. The van der Waals surface area contributed by atoms with Crippen molar-refractivity contribution in [1.29, 1.82) is 0 Å². The molecule has 0 aliphatic carbocycles. The highest BCUT2D eigenvalue weighted by molar-refractivity contribution is 5.78. The summed E-state index contributed by atoms with van der Waals surface area (Å²) in [5, 5.41) is 0. The lowest BCUT2D eigenvalue weighted by molar-refractivity contribution is -0.318. The molecule has 2 fully saturated rings. The molecule has 2 rings (SSSR count). The van der Waals surface area contributed by atoms with Crippen LogP contribution in [0.15, 0.2) is 12.7 Å². The average Bonchev–Trinajstić information content (AvgIpc) is 2.51. The van der Waals surface area contributed by atoms with Crippen molar-refractivity contribution in [3.05, 3.63) is 12.7 Å². The van der Waals surface area contributed by atoms with Gasteiger partial charge in [-0.1, -0.05) is 6.08 Å². The Bertz CT molecular complexity index is 311. The molecule has 0 aromatic rings. The molecule has 2 aliphatic heterocycles. The molecule has 4 unspecified atom stereocenters. The SMILES string of the molecule is C=CC1OC(C)(C)OC2C(OC)C(=O)OC12. The van der Waals surface area contributed by atoms with Crippen LogP contribution in [0, 0.1) is 0 Å². The number of carbonyl (C=O) groups is 1. The van der Waals surface area contributed by atoms with Crippen LogP contribution in [0.2, 0.25) is 0 Å². The number of esters is 1. The number of methoxy groups -OCH3 is 1. The highest BCUT2D eigenvalue weighted by atomic mass is 16.8. The Morgan fingerprint density at radius 3 is 2.62 bits per heavy atom. The van der Waals surface area contributed by atoms with E-state index in [1.54, 1.807) is 19.9 Å². The molecule has 2 saturated heterocycles. The number of hydrogen-bond acceptors (Lipinski definition) is 5. The molecule has 0 radical (unpaired) electrons. The van der Waals surface area contributed by atoms with Gasteiger partial charge in [-0.15, -0.1) is 6.58 Å². The summed E-state index contributed by atoms with van der Waals surface area (Å²) in [5.41, 5.74) is 0. The molecular formula is C11H16O5. The first-order valence-electron chi connectivity index (χ1n) is 5.20. The van der Waals surface area contributed by atoms with Crippen LogP contribution in [0.5, 0.6) is 0 Å². The molecule has 90 valence electrons. The summed E-state index contributed by atoms with van der Waals surface area (Å²) in [6, 6.07) is 0. The second-order valence-corrected chi connectivity index (χ2v) is 4.36. The number of fused-ring (bicyclic) bond motifs is 1. The zero-order chi connectivity index (χ0) is 11.9. The summed E-state index contributed by atoms with van der Waals surface area (Å²) in [7, 11) is 1.46. The van der Waals surface area contributed by atoms with Gasteiger partial charge in [-0.3, -0.25) is 0 Å². The van der Waals surface area contributed by atoms with Crippen molar-refractivity contribution < 1.29 is 23.7 Å². The van der Waals surface area contributed by atoms with Crippen molar-refractivity contribution in [2.45, 2.75) is 44.1 Å². The lowest BCUT2D eigenvalue weighted by Gasteiger charge is -2.41. The number of rotatable bonds is 2. The highest BCUT2D eigenvalue weighted by Crippen LogP contribution is 2.35. The van der Waals surface area contributed by atoms with Gasteiger partial charge in [-0.25, -0.2) is 4.79 Å². The molecule has 2 aliphatic rings. The Kier molecular flexibility index (Phi) is 2.77. The predicted molar refractivity (Wildman–Crippen MR) is 54.7 cm³/mol. The van der Waals surface area contributed by atoms with E-state index in [9.17, 15) is 4.79 Å². The monoisotopic (exact) mass is 228 g/mol. The van der Waals surface area contributed by atoms with E-state index < -0.39 is 30.1 Å². The molecule has 4 atom stereocenters. The Morgan fingerprint density at radius 1 is 1.38 bits per heavy atom. The Labute approximate surface area is 94.3 Å². The third kappa shape index (κ3) is 1.75. The number of ether oxygens (including phenoxy) is 4. The van der Waals surface area contributed by atoms with Crippen molar-refractivity contribution in [3.63, 3.8) is 0 Å². The molecule has 5 nitrogen and oxygen atoms in total. The van der Waals surface area contributed by atoms with Crippen LogP contribution in [0.1, 0.15) is 13.8 Å². The van der Waals surface area contributed by atoms with E-state index >= 15 is 0 Å². The van der Waals surface area contributed by atoms with Gasteiger partial charge in [-0.05, 0) is 13.8 Å². The topological polar surface area (TPSA) is 54.0 Å². The highest BCUT2D eigenvalue weighted by Gasteiger charge is 2.55. The molecule has 0 amide bonds. The quantitative estimate of drug-likeness (QED) is 0.512. The third-order valence-corrected chi connectivity index (χ3v) is 2.76. The second-order valence-electron chi connectivity index (χ2n) is 4.36. The van der Waals surface area contributed by atoms with Gasteiger partial charge >= 0.3 is 5.97 Å². The molecule has 0 bridgehead atoms. The zero-order valence-corrected chi connectivity index (χ0v) is 9.64. The average molecular weight is 228 g/mol. The fourth-order valence-corrected chi connectivity index (χ4v) is 2.12. The van der Waals surface area contributed by atoms with Gasteiger partial charge in [0.05, 0.1) is 0 Å². The first kappa shape index (κ1) is 11.6. The summed E-state index contributed by atoms with van der Waals surface area (Å²) in [6.07, 6.45) is -0.339. The number of carbonyl (C=O) groups excluding carboxylic acids is 1. The molecule has 0 N–H and O–H groups in total. The summed E-state index contributed by atoms with van der Waals surface area (Å²) in [4.78, 5) is 11.5.